The summed E-state index contributed by atoms with van der Waals surface area (Å²) in [5.74, 6) is 1.49. The Balaban J connectivity index is 1.13. The van der Waals surface area contributed by atoms with Crippen LogP contribution in [0.5, 0.6) is 0 Å². The first-order chi connectivity index (χ1) is 28.3. The number of aromatic nitrogens is 6. The van der Waals surface area contributed by atoms with E-state index in [0.29, 0.717) is 23.2 Å². The Morgan fingerprint density at radius 1 is 0.368 bits per heavy atom. The molecule has 5 aromatic heterocycles. The van der Waals surface area contributed by atoms with Gasteiger partial charge in [0.15, 0.2) is 11.6 Å². The van der Waals surface area contributed by atoms with Crippen LogP contribution in [-0.4, -0.2) is 29.1 Å². The zero-order chi connectivity index (χ0) is 37.5. The van der Waals surface area contributed by atoms with Crippen molar-refractivity contribution in [3.63, 3.8) is 0 Å². The van der Waals surface area contributed by atoms with Crippen LogP contribution in [0.4, 0.5) is 0 Å². The molecule has 57 heavy (non-hydrogen) atoms. The number of nitrogens with zero attached hydrogens (tertiary/aromatic N) is 6. The van der Waals surface area contributed by atoms with Crippen LogP contribution in [0.2, 0.25) is 0 Å². The molecule has 0 bridgehead atoms. The molecule has 0 saturated carbocycles. The van der Waals surface area contributed by atoms with Crippen LogP contribution < -0.4 is 0 Å². The lowest BCUT2D eigenvalue weighted by Crippen LogP contribution is -2.04. The Morgan fingerprint density at radius 3 is 1.60 bits per heavy atom. The number of furan rings is 1. The molecule has 0 aliphatic carbocycles. The minimum Gasteiger partial charge on any atom is -0.437 e. The molecule has 0 N–H and O–H groups in total. The highest BCUT2D eigenvalue weighted by Crippen LogP contribution is 2.39. The van der Waals surface area contributed by atoms with Gasteiger partial charge in [-0.15, -0.1) is 0 Å². The maximum atomic E-state index is 6.51. The predicted molar refractivity (Wildman–Crippen MR) is 230 cm³/mol. The van der Waals surface area contributed by atoms with Crippen molar-refractivity contribution in [1.82, 2.24) is 29.1 Å². The van der Waals surface area contributed by atoms with Gasteiger partial charge in [-0.25, -0.2) is 15.0 Å². The topological polar surface area (TPSA) is 74.6 Å². The number of fused-ring (bicyclic) bond motifs is 9. The van der Waals surface area contributed by atoms with Gasteiger partial charge < -0.3 is 8.98 Å². The van der Waals surface area contributed by atoms with Gasteiger partial charge in [0.2, 0.25) is 11.5 Å². The minimum atomic E-state index is 0.374. The monoisotopic (exact) mass is 730 g/mol. The predicted octanol–water partition coefficient (Wildman–Crippen LogP) is 12.4. The molecule has 0 atom stereocenters. The quantitative estimate of drug-likeness (QED) is 0.176. The van der Waals surface area contributed by atoms with Crippen LogP contribution >= 0.6 is 0 Å². The van der Waals surface area contributed by atoms with Crippen molar-refractivity contribution in [2.75, 3.05) is 0 Å². The van der Waals surface area contributed by atoms with Crippen LogP contribution in [0.1, 0.15) is 0 Å². The van der Waals surface area contributed by atoms with Gasteiger partial charge in [0.1, 0.15) is 5.58 Å². The molecule has 7 aromatic carbocycles. The Hall–Kier alpha value is -7.90. The number of hydrogen-bond donors (Lipinski definition) is 0. The van der Waals surface area contributed by atoms with Gasteiger partial charge in [-0.05, 0) is 54.6 Å². The average molecular weight is 731 g/mol. The summed E-state index contributed by atoms with van der Waals surface area (Å²) in [5, 5.41) is 6.37. The maximum Gasteiger partial charge on any atom is 0.233 e. The molecule has 0 saturated heterocycles. The molecule has 266 valence electrons. The number of para-hydroxylation sites is 5. The molecule has 0 radical (unpaired) electrons. The lowest BCUT2D eigenvalue weighted by Gasteiger charge is -2.12. The highest BCUT2D eigenvalue weighted by atomic mass is 16.3. The number of benzene rings is 7. The lowest BCUT2D eigenvalue weighted by atomic mass is 10.0. The van der Waals surface area contributed by atoms with Crippen molar-refractivity contribution < 1.29 is 4.42 Å². The van der Waals surface area contributed by atoms with Crippen molar-refractivity contribution in [1.29, 1.82) is 0 Å². The van der Waals surface area contributed by atoms with Gasteiger partial charge >= 0.3 is 0 Å². The van der Waals surface area contributed by atoms with E-state index in [1.54, 1.807) is 0 Å². The van der Waals surface area contributed by atoms with Crippen LogP contribution in [0.15, 0.2) is 186 Å². The first-order valence-electron chi connectivity index (χ1n) is 19.0. The van der Waals surface area contributed by atoms with E-state index in [1.165, 1.54) is 5.39 Å². The van der Waals surface area contributed by atoms with Crippen molar-refractivity contribution in [2.45, 2.75) is 0 Å². The second-order valence-electron chi connectivity index (χ2n) is 14.3. The lowest BCUT2D eigenvalue weighted by molar-refractivity contribution is 0.653. The van der Waals surface area contributed by atoms with Gasteiger partial charge in [-0.1, -0.05) is 127 Å². The number of hydrogen-bond acceptors (Lipinski definition) is 5. The summed E-state index contributed by atoms with van der Waals surface area (Å²) in [5.41, 5.74) is 10.2. The van der Waals surface area contributed by atoms with Crippen molar-refractivity contribution in [3.05, 3.63) is 182 Å². The van der Waals surface area contributed by atoms with Gasteiger partial charge in [-0.3, -0.25) is 4.57 Å². The molecular weight excluding hydrogens is 701 g/mol. The Bertz CT molecular complexity index is 3470. The van der Waals surface area contributed by atoms with Crippen LogP contribution in [0, 0.1) is 0 Å². The second kappa shape index (κ2) is 12.3. The van der Waals surface area contributed by atoms with E-state index in [0.717, 1.165) is 82.8 Å². The molecule has 0 amide bonds. The summed E-state index contributed by atoms with van der Waals surface area (Å²) in [6, 6.07) is 62.8. The molecule has 0 unspecified atom stereocenters. The first-order valence-corrected chi connectivity index (χ1v) is 19.0. The molecule has 7 nitrogen and oxygen atoms in total. The fraction of sp³-hybridized carbons (Fsp3) is 0. The van der Waals surface area contributed by atoms with E-state index >= 15 is 0 Å². The fourth-order valence-corrected chi connectivity index (χ4v) is 8.46. The molecule has 12 aromatic rings. The van der Waals surface area contributed by atoms with Gasteiger partial charge in [0.25, 0.3) is 0 Å². The molecule has 0 spiro atoms. The van der Waals surface area contributed by atoms with Crippen LogP contribution in [0.3, 0.4) is 0 Å². The maximum absolute atomic E-state index is 6.51. The normalized spacial score (nSPS) is 11.9. The fourth-order valence-electron chi connectivity index (χ4n) is 8.46. The molecule has 5 heterocycles. The van der Waals surface area contributed by atoms with E-state index in [2.05, 4.69) is 149 Å². The van der Waals surface area contributed by atoms with E-state index in [-0.39, 0.29) is 0 Å². The van der Waals surface area contributed by atoms with Gasteiger partial charge in [0, 0.05) is 43.7 Å². The highest BCUT2D eigenvalue weighted by Gasteiger charge is 2.23. The zero-order valence-corrected chi connectivity index (χ0v) is 30.4. The van der Waals surface area contributed by atoms with Crippen LogP contribution in [0.25, 0.3) is 111 Å². The summed E-state index contributed by atoms with van der Waals surface area (Å²) in [6.45, 7) is 0. The Morgan fingerprint density at radius 2 is 0.895 bits per heavy atom. The molecule has 0 aliphatic heterocycles. The molecule has 0 aliphatic rings. The van der Waals surface area contributed by atoms with E-state index < -0.39 is 0 Å². The third-order valence-electron chi connectivity index (χ3n) is 11.0. The standard InChI is InChI=1S/C50H30N6O/c1-3-15-31(16-4-1)39-30-40(32-27-28-44-38(29-32)36-21-9-11-23-41(36)55(44)33-17-5-2-6-18-33)52-47(51-39)48-53-49(46-37-22-10-14-26-45(37)57-50(46)54-48)56-42-24-12-7-19-34(42)35-20-8-13-25-43(35)56/h1-30H. The first kappa shape index (κ1) is 31.5. The summed E-state index contributed by atoms with van der Waals surface area (Å²) in [6.07, 6.45) is 0. The SMILES string of the molecule is c1ccc(-c2cc(-c3ccc4c(c3)c3ccccc3n4-c3ccccc3)nc(-c3nc(-n4c5ccccc5c5ccccc54)c4c(n3)oc3ccccc34)n2)cc1. The third-order valence-corrected chi connectivity index (χ3v) is 11.0. The van der Waals surface area contributed by atoms with Crippen molar-refractivity contribution in [3.8, 4) is 45.7 Å². The van der Waals surface area contributed by atoms with Crippen molar-refractivity contribution >= 4 is 65.7 Å². The summed E-state index contributed by atoms with van der Waals surface area (Å²) in [4.78, 5) is 20.9. The van der Waals surface area contributed by atoms with Gasteiger partial charge in [0.05, 0.1) is 38.8 Å². The Labute approximate surface area is 325 Å². The molecule has 0 fully saturated rings. The zero-order valence-electron chi connectivity index (χ0n) is 30.4. The molecule has 12 rings (SSSR count). The van der Waals surface area contributed by atoms with Crippen molar-refractivity contribution in [2.24, 2.45) is 0 Å². The third kappa shape index (κ3) is 4.86. The molecule has 7 heteroatoms. The van der Waals surface area contributed by atoms with E-state index in [1.807, 2.05) is 42.5 Å². The van der Waals surface area contributed by atoms with Crippen LogP contribution in [-0.2, 0) is 0 Å². The summed E-state index contributed by atoms with van der Waals surface area (Å²) < 4.78 is 11.1. The van der Waals surface area contributed by atoms with Gasteiger partial charge in [-0.2, -0.15) is 4.98 Å². The smallest absolute Gasteiger partial charge is 0.233 e. The largest absolute Gasteiger partial charge is 0.437 e. The second-order valence-corrected chi connectivity index (χ2v) is 14.3. The minimum absolute atomic E-state index is 0.374. The van der Waals surface area contributed by atoms with E-state index in [4.69, 9.17) is 24.4 Å². The summed E-state index contributed by atoms with van der Waals surface area (Å²) in [7, 11) is 0. The van der Waals surface area contributed by atoms with E-state index in [9.17, 15) is 0 Å². The number of rotatable bonds is 5. The average Bonchev–Trinajstić information content (AvgIpc) is 3.94. The highest BCUT2D eigenvalue weighted by molar-refractivity contribution is 6.13. The summed E-state index contributed by atoms with van der Waals surface area (Å²) >= 11 is 0. The molecular formula is C50H30N6O. The Kier molecular flexibility index (Phi) is 6.79.